The number of benzene rings is 1. The first kappa shape index (κ1) is 21.2. The van der Waals surface area contributed by atoms with Gasteiger partial charge in [-0.25, -0.2) is 4.99 Å². The summed E-state index contributed by atoms with van der Waals surface area (Å²) in [5.41, 5.74) is 2.50. The lowest BCUT2D eigenvalue weighted by molar-refractivity contribution is -0.120. The van der Waals surface area contributed by atoms with E-state index >= 15 is 0 Å². The second-order valence-corrected chi connectivity index (χ2v) is 6.69. The Hall–Kier alpha value is -2.12. The molecule has 0 atom stereocenters. The van der Waals surface area contributed by atoms with Crippen molar-refractivity contribution < 1.29 is 9.53 Å². The van der Waals surface area contributed by atoms with Crippen LogP contribution < -0.4 is 16.0 Å². The van der Waals surface area contributed by atoms with Gasteiger partial charge in [-0.15, -0.1) is 0 Å². The molecular formula is C20H33N5O2. The second-order valence-electron chi connectivity index (χ2n) is 6.69. The molecule has 7 heteroatoms. The second kappa shape index (κ2) is 12.3. The topological polar surface area (TPSA) is 78.0 Å². The Morgan fingerprint density at radius 2 is 1.81 bits per heavy atom. The standard InChI is InChI=1S/C20H33N5O2/c1-3-21-20(24-15-19(26)22-10-13-27-2)23-14-17-6-8-18(9-7-17)16-25-11-4-5-12-25/h6-9H,3-5,10-16H2,1-2H3,(H,22,26)(H2,21,23,24). The van der Waals surface area contributed by atoms with E-state index in [9.17, 15) is 4.79 Å². The zero-order valence-corrected chi connectivity index (χ0v) is 16.6. The summed E-state index contributed by atoms with van der Waals surface area (Å²) in [6.07, 6.45) is 2.63. The Kier molecular flexibility index (Phi) is 9.65. The van der Waals surface area contributed by atoms with Crippen LogP contribution in [-0.4, -0.2) is 63.2 Å². The summed E-state index contributed by atoms with van der Waals surface area (Å²) < 4.78 is 4.92. The van der Waals surface area contributed by atoms with Crippen molar-refractivity contribution in [3.05, 3.63) is 35.4 Å². The summed E-state index contributed by atoms with van der Waals surface area (Å²) in [7, 11) is 1.61. The molecule has 0 aliphatic carbocycles. The molecule has 27 heavy (non-hydrogen) atoms. The third-order valence-electron chi connectivity index (χ3n) is 4.44. The van der Waals surface area contributed by atoms with Gasteiger partial charge in [0.05, 0.1) is 19.7 Å². The van der Waals surface area contributed by atoms with Crippen LogP contribution in [0.1, 0.15) is 30.9 Å². The van der Waals surface area contributed by atoms with Crippen LogP contribution in [0.5, 0.6) is 0 Å². The number of ether oxygens (including phenoxy) is 1. The average Bonchev–Trinajstić information content (AvgIpc) is 3.18. The van der Waals surface area contributed by atoms with E-state index in [0.717, 1.165) is 18.7 Å². The number of rotatable bonds is 10. The zero-order valence-electron chi connectivity index (χ0n) is 16.6. The fourth-order valence-corrected chi connectivity index (χ4v) is 2.98. The van der Waals surface area contributed by atoms with Gasteiger partial charge >= 0.3 is 0 Å². The number of hydrogen-bond acceptors (Lipinski definition) is 4. The van der Waals surface area contributed by atoms with Gasteiger partial charge in [-0.05, 0) is 44.0 Å². The average molecular weight is 376 g/mol. The van der Waals surface area contributed by atoms with Crippen LogP contribution in [0.15, 0.2) is 29.3 Å². The third kappa shape index (κ3) is 8.41. The Morgan fingerprint density at radius 1 is 1.11 bits per heavy atom. The van der Waals surface area contributed by atoms with Gasteiger partial charge in [-0.3, -0.25) is 9.69 Å². The van der Waals surface area contributed by atoms with Crippen molar-refractivity contribution in [2.24, 2.45) is 4.99 Å². The van der Waals surface area contributed by atoms with Crippen LogP contribution in [0, 0.1) is 0 Å². The molecule has 1 aromatic carbocycles. The molecule has 0 unspecified atom stereocenters. The molecule has 0 aromatic heterocycles. The van der Waals surface area contributed by atoms with Crippen molar-refractivity contribution in [3.63, 3.8) is 0 Å². The van der Waals surface area contributed by atoms with Crippen molar-refractivity contribution in [2.75, 3.05) is 46.4 Å². The predicted molar refractivity (Wildman–Crippen MR) is 109 cm³/mol. The first-order valence-corrected chi connectivity index (χ1v) is 9.79. The van der Waals surface area contributed by atoms with E-state index in [1.165, 1.54) is 31.5 Å². The van der Waals surface area contributed by atoms with Gasteiger partial charge < -0.3 is 20.7 Å². The molecule has 1 aromatic rings. The summed E-state index contributed by atoms with van der Waals surface area (Å²) in [4.78, 5) is 18.8. The van der Waals surface area contributed by atoms with Gasteiger partial charge in [0.2, 0.25) is 5.91 Å². The molecule has 0 radical (unpaired) electrons. The molecule has 1 amide bonds. The van der Waals surface area contributed by atoms with E-state index in [2.05, 4.69) is 50.1 Å². The van der Waals surface area contributed by atoms with E-state index in [4.69, 9.17) is 4.74 Å². The van der Waals surface area contributed by atoms with E-state index in [1.54, 1.807) is 7.11 Å². The maximum atomic E-state index is 11.8. The van der Waals surface area contributed by atoms with E-state index in [-0.39, 0.29) is 12.5 Å². The summed E-state index contributed by atoms with van der Waals surface area (Å²) in [6.45, 7) is 7.98. The van der Waals surface area contributed by atoms with E-state index < -0.39 is 0 Å². The van der Waals surface area contributed by atoms with Crippen LogP contribution >= 0.6 is 0 Å². The lowest BCUT2D eigenvalue weighted by Gasteiger charge is -2.14. The summed E-state index contributed by atoms with van der Waals surface area (Å²) in [5.74, 6) is 0.560. The van der Waals surface area contributed by atoms with Crippen LogP contribution in [-0.2, 0) is 22.6 Å². The number of aliphatic imine (C=N–C) groups is 1. The van der Waals surface area contributed by atoms with Crippen LogP contribution in [0.2, 0.25) is 0 Å². The smallest absolute Gasteiger partial charge is 0.239 e. The van der Waals surface area contributed by atoms with Gasteiger partial charge in [0.15, 0.2) is 5.96 Å². The van der Waals surface area contributed by atoms with E-state index in [0.29, 0.717) is 25.7 Å². The number of likely N-dealkylation sites (tertiary alicyclic amines) is 1. The first-order chi connectivity index (χ1) is 13.2. The number of nitrogens with one attached hydrogen (secondary N) is 3. The first-order valence-electron chi connectivity index (χ1n) is 9.79. The number of guanidine groups is 1. The number of methoxy groups -OCH3 is 1. The maximum absolute atomic E-state index is 11.8. The fraction of sp³-hybridized carbons (Fsp3) is 0.600. The van der Waals surface area contributed by atoms with Gasteiger partial charge in [-0.2, -0.15) is 0 Å². The highest BCUT2D eigenvalue weighted by atomic mass is 16.5. The highest BCUT2D eigenvalue weighted by Gasteiger charge is 2.11. The number of amides is 1. The molecule has 1 heterocycles. The van der Waals surface area contributed by atoms with Crippen molar-refractivity contribution in [1.29, 1.82) is 0 Å². The molecule has 0 spiro atoms. The lowest BCUT2D eigenvalue weighted by atomic mass is 10.1. The Morgan fingerprint density at radius 3 is 2.48 bits per heavy atom. The highest BCUT2D eigenvalue weighted by Crippen LogP contribution is 2.13. The molecule has 150 valence electrons. The lowest BCUT2D eigenvalue weighted by Crippen LogP contribution is -2.43. The van der Waals surface area contributed by atoms with Crippen LogP contribution in [0.4, 0.5) is 0 Å². The summed E-state index contributed by atoms with van der Waals surface area (Å²) in [5, 5.41) is 9.00. The number of carbonyl (C=O) groups is 1. The zero-order chi connectivity index (χ0) is 19.3. The Bertz CT molecular complexity index is 583. The molecular weight excluding hydrogens is 342 g/mol. The number of hydrogen-bond donors (Lipinski definition) is 3. The minimum absolute atomic E-state index is 0.0797. The highest BCUT2D eigenvalue weighted by molar-refractivity contribution is 5.86. The Labute approximate surface area is 162 Å². The SMILES string of the molecule is CCNC(=NCc1ccc(CN2CCCC2)cc1)NCC(=O)NCCOC. The largest absolute Gasteiger partial charge is 0.383 e. The van der Waals surface area contributed by atoms with Crippen molar-refractivity contribution >= 4 is 11.9 Å². The molecule has 2 rings (SSSR count). The van der Waals surface area contributed by atoms with Crippen LogP contribution in [0.25, 0.3) is 0 Å². The minimum Gasteiger partial charge on any atom is -0.383 e. The molecule has 1 aliphatic rings. The molecule has 7 nitrogen and oxygen atoms in total. The summed E-state index contributed by atoms with van der Waals surface area (Å²) in [6, 6.07) is 8.64. The van der Waals surface area contributed by atoms with Gasteiger partial charge in [0.1, 0.15) is 0 Å². The molecule has 3 N–H and O–H groups in total. The normalized spacial score (nSPS) is 15.0. The summed E-state index contributed by atoms with van der Waals surface area (Å²) >= 11 is 0. The Balaban J connectivity index is 1.79. The molecule has 1 fully saturated rings. The van der Waals surface area contributed by atoms with E-state index in [1.807, 2.05) is 6.92 Å². The quantitative estimate of drug-likeness (QED) is 0.324. The van der Waals surface area contributed by atoms with Gasteiger partial charge in [0, 0.05) is 26.7 Å². The maximum Gasteiger partial charge on any atom is 0.239 e. The van der Waals surface area contributed by atoms with Gasteiger partial charge in [0.25, 0.3) is 0 Å². The number of nitrogens with zero attached hydrogens (tertiary/aromatic N) is 2. The molecule has 1 aliphatic heterocycles. The minimum atomic E-state index is -0.0797. The van der Waals surface area contributed by atoms with Crippen LogP contribution in [0.3, 0.4) is 0 Å². The predicted octanol–water partition coefficient (Wildman–Crippen LogP) is 1.10. The third-order valence-corrected chi connectivity index (χ3v) is 4.44. The fourth-order valence-electron chi connectivity index (χ4n) is 2.98. The number of carbonyl (C=O) groups excluding carboxylic acids is 1. The van der Waals surface area contributed by atoms with Crippen molar-refractivity contribution in [2.45, 2.75) is 32.9 Å². The molecule has 0 saturated carbocycles. The van der Waals surface area contributed by atoms with Crippen molar-refractivity contribution in [3.8, 4) is 0 Å². The molecule has 1 saturated heterocycles. The van der Waals surface area contributed by atoms with Crippen molar-refractivity contribution in [1.82, 2.24) is 20.9 Å². The monoisotopic (exact) mass is 375 g/mol. The molecule has 0 bridgehead atoms. The van der Waals surface area contributed by atoms with Gasteiger partial charge in [-0.1, -0.05) is 24.3 Å².